The molecule has 15 heavy (non-hydrogen) atoms. The fraction of sp³-hybridized carbons (Fsp3) is 0.818. The van der Waals surface area contributed by atoms with E-state index in [0.717, 1.165) is 25.4 Å². The van der Waals surface area contributed by atoms with Crippen LogP contribution < -0.4 is 5.32 Å². The van der Waals surface area contributed by atoms with Crippen LogP contribution in [0.4, 0.5) is 0 Å². The summed E-state index contributed by atoms with van der Waals surface area (Å²) in [4.78, 5) is 0. The zero-order valence-corrected chi connectivity index (χ0v) is 9.24. The van der Waals surface area contributed by atoms with Crippen molar-refractivity contribution >= 4 is 0 Å². The van der Waals surface area contributed by atoms with Crippen LogP contribution in [0.5, 0.6) is 0 Å². The summed E-state index contributed by atoms with van der Waals surface area (Å²) in [5, 5.41) is 12.2. The van der Waals surface area contributed by atoms with Gasteiger partial charge in [0.2, 0.25) is 0 Å². The maximum Gasteiger partial charge on any atom is 0.150 e. The Kier molecular flexibility index (Phi) is 2.24. The number of nitrogens with one attached hydrogen (secondary N) is 1. The fourth-order valence-electron chi connectivity index (χ4n) is 2.67. The van der Waals surface area contributed by atoms with Gasteiger partial charge >= 0.3 is 0 Å². The topological polar surface area (TPSA) is 42.7 Å². The molecule has 4 heteroatoms. The van der Waals surface area contributed by atoms with E-state index in [9.17, 15) is 0 Å². The van der Waals surface area contributed by atoms with Gasteiger partial charge in [-0.15, -0.1) is 10.2 Å². The molecular weight excluding hydrogens is 188 g/mol. The van der Waals surface area contributed by atoms with Gasteiger partial charge in [-0.1, -0.05) is 6.92 Å². The molecule has 0 aromatic carbocycles. The molecular formula is C11H18N4. The molecule has 0 saturated carbocycles. The van der Waals surface area contributed by atoms with E-state index in [-0.39, 0.29) is 0 Å². The maximum atomic E-state index is 4.36. The maximum absolute atomic E-state index is 4.36. The van der Waals surface area contributed by atoms with E-state index in [1.807, 2.05) is 0 Å². The SMILES string of the molecule is CC1CCc2nnc(C3CCCN3)n2C1. The Balaban J connectivity index is 1.92. The quantitative estimate of drug-likeness (QED) is 0.752. The van der Waals surface area contributed by atoms with E-state index >= 15 is 0 Å². The summed E-state index contributed by atoms with van der Waals surface area (Å²) in [5.41, 5.74) is 0. The summed E-state index contributed by atoms with van der Waals surface area (Å²) in [7, 11) is 0. The number of fused-ring (bicyclic) bond motifs is 1. The number of hydrogen-bond acceptors (Lipinski definition) is 3. The van der Waals surface area contributed by atoms with Crippen molar-refractivity contribution in [2.24, 2.45) is 5.92 Å². The molecule has 2 aliphatic rings. The first kappa shape index (κ1) is 9.33. The third-order valence-electron chi connectivity index (χ3n) is 3.58. The highest BCUT2D eigenvalue weighted by molar-refractivity contribution is 5.05. The molecule has 1 fully saturated rings. The third kappa shape index (κ3) is 1.57. The second-order valence-corrected chi connectivity index (χ2v) is 4.88. The minimum Gasteiger partial charge on any atom is -0.313 e. The molecule has 0 radical (unpaired) electrons. The zero-order valence-electron chi connectivity index (χ0n) is 9.24. The highest BCUT2D eigenvalue weighted by Crippen LogP contribution is 2.26. The molecule has 1 aromatic rings. The van der Waals surface area contributed by atoms with Gasteiger partial charge in [-0.05, 0) is 31.7 Å². The zero-order chi connectivity index (χ0) is 10.3. The lowest BCUT2D eigenvalue weighted by atomic mass is 10.0. The predicted octanol–water partition coefficient (Wildman–Crippen LogP) is 1.28. The second-order valence-electron chi connectivity index (χ2n) is 4.88. The molecule has 1 N–H and O–H groups in total. The molecule has 0 aliphatic carbocycles. The molecule has 2 unspecified atom stereocenters. The van der Waals surface area contributed by atoms with Gasteiger partial charge in [0, 0.05) is 13.0 Å². The first-order valence-electron chi connectivity index (χ1n) is 6.00. The summed E-state index contributed by atoms with van der Waals surface area (Å²) in [6.45, 7) is 4.55. The van der Waals surface area contributed by atoms with E-state index in [0.29, 0.717) is 6.04 Å². The molecule has 2 aliphatic heterocycles. The normalized spacial score (nSPS) is 30.5. The number of hydrogen-bond donors (Lipinski definition) is 1. The van der Waals surface area contributed by atoms with E-state index in [1.54, 1.807) is 0 Å². The van der Waals surface area contributed by atoms with Gasteiger partial charge < -0.3 is 9.88 Å². The van der Waals surface area contributed by atoms with Gasteiger partial charge in [0.15, 0.2) is 0 Å². The summed E-state index contributed by atoms with van der Waals surface area (Å²) in [5.74, 6) is 3.14. The van der Waals surface area contributed by atoms with Crippen molar-refractivity contribution in [2.75, 3.05) is 6.54 Å². The van der Waals surface area contributed by atoms with Crippen molar-refractivity contribution < 1.29 is 0 Å². The third-order valence-corrected chi connectivity index (χ3v) is 3.58. The lowest BCUT2D eigenvalue weighted by molar-refractivity contribution is 0.377. The molecule has 1 aromatic heterocycles. The smallest absolute Gasteiger partial charge is 0.150 e. The Morgan fingerprint density at radius 1 is 1.33 bits per heavy atom. The number of rotatable bonds is 1. The fourth-order valence-corrected chi connectivity index (χ4v) is 2.67. The van der Waals surface area contributed by atoms with E-state index in [1.165, 1.54) is 30.9 Å². The Morgan fingerprint density at radius 2 is 2.27 bits per heavy atom. The molecule has 3 heterocycles. The first-order chi connectivity index (χ1) is 7.34. The molecule has 82 valence electrons. The van der Waals surface area contributed by atoms with Crippen LogP contribution in [0.1, 0.15) is 43.9 Å². The molecule has 4 nitrogen and oxygen atoms in total. The van der Waals surface area contributed by atoms with Gasteiger partial charge in [0.25, 0.3) is 0 Å². The second kappa shape index (κ2) is 3.59. The number of aryl methyl sites for hydroxylation is 1. The lowest BCUT2D eigenvalue weighted by Gasteiger charge is -2.22. The summed E-state index contributed by atoms with van der Waals surface area (Å²) >= 11 is 0. The van der Waals surface area contributed by atoms with Gasteiger partial charge in [-0.2, -0.15) is 0 Å². The van der Waals surface area contributed by atoms with Gasteiger partial charge in [-0.3, -0.25) is 0 Å². The molecule has 3 rings (SSSR count). The first-order valence-corrected chi connectivity index (χ1v) is 6.00. The molecule has 1 saturated heterocycles. The predicted molar refractivity (Wildman–Crippen MR) is 57.5 cm³/mol. The van der Waals surface area contributed by atoms with Crippen molar-refractivity contribution in [3.8, 4) is 0 Å². The van der Waals surface area contributed by atoms with Crippen LogP contribution in [0.25, 0.3) is 0 Å². The largest absolute Gasteiger partial charge is 0.313 e. The lowest BCUT2D eigenvalue weighted by Crippen LogP contribution is -2.24. The molecule has 0 amide bonds. The highest BCUT2D eigenvalue weighted by atomic mass is 15.3. The minimum atomic E-state index is 0.455. The molecule has 0 bridgehead atoms. The van der Waals surface area contributed by atoms with E-state index < -0.39 is 0 Å². The highest BCUT2D eigenvalue weighted by Gasteiger charge is 2.26. The molecule has 0 spiro atoms. The van der Waals surface area contributed by atoms with Crippen LogP contribution in [-0.2, 0) is 13.0 Å². The average molecular weight is 206 g/mol. The van der Waals surface area contributed by atoms with Crippen molar-refractivity contribution in [1.29, 1.82) is 0 Å². The number of nitrogens with zero attached hydrogens (tertiary/aromatic N) is 3. The Morgan fingerprint density at radius 3 is 3.07 bits per heavy atom. The summed E-state index contributed by atoms with van der Waals surface area (Å²) in [6, 6.07) is 0.455. The Hall–Kier alpha value is -0.900. The van der Waals surface area contributed by atoms with Crippen LogP contribution >= 0.6 is 0 Å². The van der Waals surface area contributed by atoms with Crippen molar-refractivity contribution in [2.45, 2.75) is 45.2 Å². The Labute approximate surface area is 90.1 Å². The van der Waals surface area contributed by atoms with Crippen LogP contribution in [-0.4, -0.2) is 21.3 Å². The van der Waals surface area contributed by atoms with Crippen LogP contribution in [0.3, 0.4) is 0 Å². The Bertz CT molecular complexity index is 351. The monoisotopic (exact) mass is 206 g/mol. The minimum absolute atomic E-state index is 0.455. The molecule has 2 atom stereocenters. The standard InChI is InChI=1S/C11H18N4/c1-8-4-5-10-13-14-11(15(10)7-8)9-3-2-6-12-9/h8-9,12H,2-7H2,1H3. The summed E-state index contributed by atoms with van der Waals surface area (Å²) < 4.78 is 2.34. The van der Waals surface area contributed by atoms with Crippen molar-refractivity contribution in [3.63, 3.8) is 0 Å². The van der Waals surface area contributed by atoms with Gasteiger partial charge in [0.1, 0.15) is 11.6 Å². The van der Waals surface area contributed by atoms with Crippen molar-refractivity contribution in [3.05, 3.63) is 11.6 Å². The van der Waals surface area contributed by atoms with E-state index in [2.05, 4.69) is 27.0 Å². The van der Waals surface area contributed by atoms with Crippen LogP contribution in [0, 0.1) is 5.92 Å². The van der Waals surface area contributed by atoms with Crippen LogP contribution in [0.15, 0.2) is 0 Å². The number of aromatic nitrogens is 3. The van der Waals surface area contributed by atoms with Gasteiger partial charge in [0.05, 0.1) is 6.04 Å². The van der Waals surface area contributed by atoms with Gasteiger partial charge in [-0.25, -0.2) is 0 Å². The summed E-state index contributed by atoms with van der Waals surface area (Å²) in [6.07, 6.45) is 4.84. The average Bonchev–Trinajstić information content (AvgIpc) is 2.83. The van der Waals surface area contributed by atoms with Crippen molar-refractivity contribution in [1.82, 2.24) is 20.1 Å². The van der Waals surface area contributed by atoms with Crippen LogP contribution in [0.2, 0.25) is 0 Å². The van der Waals surface area contributed by atoms with E-state index in [4.69, 9.17) is 0 Å².